The van der Waals surface area contributed by atoms with Crippen LogP contribution in [0, 0.1) is 5.82 Å². The van der Waals surface area contributed by atoms with Gasteiger partial charge in [0.25, 0.3) is 0 Å². The maximum absolute atomic E-state index is 13.9. The van der Waals surface area contributed by atoms with Gasteiger partial charge < -0.3 is 25.1 Å². The van der Waals surface area contributed by atoms with E-state index in [-0.39, 0.29) is 47.7 Å². The van der Waals surface area contributed by atoms with E-state index >= 15 is 0 Å². The average Bonchev–Trinajstić information content (AvgIpc) is 3.68. The number of nitrogens with two attached hydrogens (primary N) is 1. The fourth-order valence-electron chi connectivity index (χ4n) is 4.64. The number of ketones is 1. The summed E-state index contributed by atoms with van der Waals surface area (Å²) in [7, 11) is 1.52. The lowest BCUT2D eigenvalue weighted by atomic mass is 9.81. The first-order valence-electron chi connectivity index (χ1n) is 13.0. The number of hydrogen-bond donors (Lipinski definition) is 2. The lowest BCUT2D eigenvalue weighted by molar-refractivity contribution is -0.123. The van der Waals surface area contributed by atoms with Crippen molar-refractivity contribution in [2.24, 2.45) is 5.73 Å². The maximum atomic E-state index is 13.9. The molecule has 3 aromatic rings. The molecule has 5 rings (SSSR count). The van der Waals surface area contributed by atoms with Gasteiger partial charge in [0, 0.05) is 23.1 Å². The predicted octanol–water partition coefficient (Wildman–Crippen LogP) is 5.10. The molecular weight excluding hydrogens is 539 g/mol. The van der Waals surface area contributed by atoms with Crippen LogP contribution in [0.3, 0.4) is 0 Å². The summed E-state index contributed by atoms with van der Waals surface area (Å²) in [6, 6.07) is 10.7. The fourth-order valence-corrected chi connectivity index (χ4v) is 4.82. The molecule has 210 valence electrons. The first kappa shape index (κ1) is 27.9. The van der Waals surface area contributed by atoms with E-state index in [2.05, 4.69) is 4.98 Å². The largest absolute Gasteiger partial charge is 0.493 e. The third-order valence-corrected chi connectivity index (χ3v) is 7.79. The van der Waals surface area contributed by atoms with Gasteiger partial charge in [0.2, 0.25) is 5.91 Å². The zero-order valence-corrected chi connectivity index (χ0v) is 23.2. The summed E-state index contributed by atoms with van der Waals surface area (Å²) in [5, 5.41) is 11.4. The van der Waals surface area contributed by atoms with Crippen LogP contribution in [0.25, 0.3) is 11.3 Å². The van der Waals surface area contributed by atoms with Gasteiger partial charge in [-0.2, -0.15) is 0 Å². The molecule has 0 saturated heterocycles. The number of carbonyl (C=O) groups is 2. The van der Waals surface area contributed by atoms with E-state index in [0.29, 0.717) is 33.9 Å². The highest BCUT2D eigenvalue weighted by Gasteiger charge is 2.45. The molecule has 2 aliphatic rings. The number of nitrogens with zero attached hydrogens (tertiary/aromatic N) is 1. The predicted molar refractivity (Wildman–Crippen MR) is 146 cm³/mol. The average molecular weight is 569 g/mol. The quantitative estimate of drug-likeness (QED) is 0.326. The number of primary amides is 1. The number of hydrogen-bond acceptors (Lipinski definition) is 7. The summed E-state index contributed by atoms with van der Waals surface area (Å²) < 4.78 is 31.0. The summed E-state index contributed by atoms with van der Waals surface area (Å²) in [5.41, 5.74) is 4.76. The smallest absolute Gasteiger partial charge is 0.231 e. The van der Waals surface area contributed by atoms with Crippen molar-refractivity contribution in [1.29, 1.82) is 0 Å². The molecule has 2 heterocycles. The highest BCUT2D eigenvalue weighted by Crippen LogP contribution is 2.46. The van der Waals surface area contributed by atoms with Crippen LogP contribution in [0.15, 0.2) is 42.5 Å². The van der Waals surface area contributed by atoms with Crippen molar-refractivity contribution in [2.75, 3.05) is 13.7 Å². The van der Waals surface area contributed by atoms with Gasteiger partial charge in [-0.3, -0.25) is 9.59 Å². The molecule has 0 spiro atoms. The first-order chi connectivity index (χ1) is 18.9. The summed E-state index contributed by atoms with van der Waals surface area (Å²) in [6.45, 7) is 3.17. The Bertz CT molecular complexity index is 1510. The second kappa shape index (κ2) is 10.4. The van der Waals surface area contributed by atoms with Gasteiger partial charge in [0.05, 0.1) is 23.9 Å². The number of ether oxygens (including phenoxy) is 3. The highest BCUT2D eigenvalue weighted by molar-refractivity contribution is 6.31. The summed E-state index contributed by atoms with van der Waals surface area (Å²) >= 11 is 6.03. The molecule has 1 aliphatic carbocycles. The van der Waals surface area contributed by atoms with Crippen molar-refractivity contribution in [2.45, 2.75) is 56.7 Å². The number of pyridine rings is 1. The van der Waals surface area contributed by atoms with E-state index in [1.165, 1.54) is 25.3 Å². The van der Waals surface area contributed by atoms with Crippen molar-refractivity contribution in [3.8, 4) is 28.5 Å². The van der Waals surface area contributed by atoms with E-state index in [4.69, 9.17) is 31.5 Å². The monoisotopic (exact) mass is 568 g/mol. The van der Waals surface area contributed by atoms with Crippen LogP contribution in [0.2, 0.25) is 5.02 Å². The molecule has 10 heteroatoms. The molecular formula is C30H30ClFN2O6. The summed E-state index contributed by atoms with van der Waals surface area (Å²) in [5.74, 6) is -0.0457. The molecule has 1 aromatic heterocycles. The van der Waals surface area contributed by atoms with Crippen LogP contribution in [0.4, 0.5) is 4.39 Å². The minimum absolute atomic E-state index is 0.000948. The van der Waals surface area contributed by atoms with Crippen molar-refractivity contribution in [1.82, 2.24) is 4.98 Å². The summed E-state index contributed by atoms with van der Waals surface area (Å²) in [6.07, 6.45) is 2.20. The molecule has 1 saturated carbocycles. The van der Waals surface area contributed by atoms with E-state index in [9.17, 15) is 19.1 Å². The minimum Gasteiger partial charge on any atom is -0.493 e. The SMILES string of the molecule is COc1cc(C(=O)CC[C@](C)(O)c2cc3c(c(-c4ccc(F)c(Cl)c4)n2)OC[C@]3(C)C(N)=O)ccc1OC1CC1. The molecule has 3 N–H and O–H groups in total. The number of amides is 1. The third-order valence-electron chi connectivity index (χ3n) is 7.50. The number of aliphatic hydroxyl groups is 1. The Kier molecular flexibility index (Phi) is 7.22. The topological polar surface area (TPSA) is 121 Å². The molecule has 0 unspecified atom stereocenters. The standard InChI is InChI=1S/C30H30ClFN2O6/c1-29(28(33)36)15-39-27-19(29)14-25(34-26(27)17-4-8-21(32)20(31)12-17)30(2,37)11-10-22(35)16-5-9-23(24(13-16)38-3)40-18-6-7-18/h4-5,8-9,12-14,18,37H,6-7,10-11,15H2,1-3H3,(H2,33,36)/t29-,30-/m0/s1. The summed E-state index contributed by atoms with van der Waals surface area (Å²) in [4.78, 5) is 30.2. The lowest BCUT2D eigenvalue weighted by Crippen LogP contribution is -2.40. The highest BCUT2D eigenvalue weighted by atomic mass is 35.5. The van der Waals surface area contributed by atoms with Crippen LogP contribution in [0.5, 0.6) is 17.2 Å². The number of carbonyl (C=O) groups excluding carboxylic acids is 2. The molecule has 0 bridgehead atoms. The zero-order valence-electron chi connectivity index (χ0n) is 22.4. The van der Waals surface area contributed by atoms with Crippen LogP contribution in [0.1, 0.15) is 61.1 Å². The number of fused-ring (bicyclic) bond motifs is 1. The van der Waals surface area contributed by atoms with Gasteiger partial charge in [0.1, 0.15) is 34.9 Å². The van der Waals surface area contributed by atoms with Crippen molar-refractivity contribution in [3.63, 3.8) is 0 Å². The van der Waals surface area contributed by atoms with Crippen LogP contribution >= 0.6 is 11.6 Å². The molecule has 40 heavy (non-hydrogen) atoms. The van der Waals surface area contributed by atoms with Gasteiger partial charge in [-0.15, -0.1) is 0 Å². The Morgan fingerprint density at radius 1 is 1.23 bits per heavy atom. The van der Waals surface area contributed by atoms with Crippen LogP contribution in [-0.2, 0) is 15.8 Å². The van der Waals surface area contributed by atoms with E-state index < -0.39 is 22.7 Å². The van der Waals surface area contributed by atoms with Gasteiger partial charge in [0.15, 0.2) is 17.3 Å². The number of Topliss-reactive ketones (excluding diaryl/α,β-unsaturated/α-hetero) is 1. The fraction of sp³-hybridized carbons (Fsp3) is 0.367. The third kappa shape index (κ3) is 5.23. The van der Waals surface area contributed by atoms with Gasteiger partial charge >= 0.3 is 0 Å². The number of methoxy groups -OCH3 is 1. The Morgan fingerprint density at radius 2 is 1.98 bits per heavy atom. The zero-order chi connectivity index (χ0) is 28.8. The van der Waals surface area contributed by atoms with Gasteiger partial charge in [-0.25, -0.2) is 9.37 Å². The van der Waals surface area contributed by atoms with E-state index in [0.717, 1.165) is 12.8 Å². The molecule has 8 nitrogen and oxygen atoms in total. The van der Waals surface area contributed by atoms with Crippen LogP contribution in [-0.4, -0.2) is 41.6 Å². The number of aromatic nitrogens is 1. The Balaban J connectivity index is 1.45. The molecule has 1 fully saturated rings. The van der Waals surface area contributed by atoms with Crippen molar-refractivity contribution in [3.05, 3.63) is 70.1 Å². The van der Waals surface area contributed by atoms with Gasteiger partial charge in [-0.1, -0.05) is 11.6 Å². The molecule has 2 aromatic carbocycles. The number of benzene rings is 2. The second-order valence-electron chi connectivity index (χ2n) is 10.7. The van der Waals surface area contributed by atoms with Crippen molar-refractivity contribution < 1.29 is 33.3 Å². The van der Waals surface area contributed by atoms with Gasteiger partial charge in [-0.05, 0) is 75.6 Å². The maximum Gasteiger partial charge on any atom is 0.231 e. The minimum atomic E-state index is -1.58. The lowest BCUT2D eigenvalue weighted by Gasteiger charge is -2.26. The second-order valence-corrected chi connectivity index (χ2v) is 11.1. The molecule has 2 atom stereocenters. The molecule has 1 amide bonds. The Hall–Kier alpha value is -3.69. The Labute approximate surface area is 236 Å². The Morgan fingerprint density at radius 3 is 2.62 bits per heavy atom. The number of halogens is 2. The van der Waals surface area contributed by atoms with E-state index in [1.54, 1.807) is 38.1 Å². The van der Waals surface area contributed by atoms with E-state index in [1.807, 2.05) is 0 Å². The molecule has 0 radical (unpaired) electrons. The van der Waals surface area contributed by atoms with Crippen LogP contribution < -0.4 is 19.9 Å². The van der Waals surface area contributed by atoms with Crippen molar-refractivity contribution >= 4 is 23.3 Å². The first-order valence-corrected chi connectivity index (χ1v) is 13.3. The number of rotatable bonds is 10. The molecule has 1 aliphatic heterocycles. The normalized spacial score (nSPS) is 19.4.